The summed E-state index contributed by atoms with van der Waals surface area (Å²) in [5.74, 6) is -0.373. The number of hydrogen-bond acceptors (Lipinski definition) is 3. The van der Waals surface area contributed by atoms with Crippen LogP contribution in [0.4, 0.5) is 0 Å². The predicted octanol–water partition coefficient (Wildman–Crippen LogP) is 2.27. The first-order valence-electron chi connectivity index (χ1n) is 6.65. The minimum atomic E-state index is -0.470. The smallest absolute Gasteiger partial charge is 0.328 e. The average Bonchev–Trinajstić information content (AvgIpc) is 2.63. The van der Waals surface area contributed by atoms with E-state index in [4.69, 9.17) is 4.74 Å². The highest BCUT2D eigenvalue weighted by Crippen LogP contribution is 2.36. The van der Waals surface area contributed by atoms with Crippen molar-refractivity contribution in [1.29, 1.82) is 0 Å². The molecule has 0 aromatic rings. The molecule has 0 saturated carbocycles. The van der Waals surface area contributed by atoms with Gasteiger partial charge >= 0.3 is 5.97 Å². The molecule has 1 N–H and O–H groups in total. The molecule has 1 unspecified atom stereocenters. The second-order valence-electron chi connectivity index (χ2n) is 6.56. The molecule has 1 amide bonds. The van der Waals surface area contributed by atoms with E-state index in [-0.39, 0.29) is 17.3 Å². The van der Waals surface area contributed by atoms with Crippen LogP contribution in [0.3, 0.4) is 0 Å². The summed E-state index contributed by atoms with van der Waals surface area (Å²) in [6, 6.07) is -0.457. The van der Waals surface area contributed by atoms with Crippen molar-refractivity contribution in [2.24, 2.45) is 10.8 Å². The summed E-state index contributed by atoms with van der Waals surface area (Å²) >= 11 is 0. The first-order valence-corrected chi connectivity index (χ1v) is 6.65. The molecule has 4 heteroatoms. The van der Waals surface area contributed by atoms with Crippen molar-refractivity contribution in [2.45, 2.75) is 59.9 Å². The normalized spacial score (nSPS) is 20.7. The van der Waals surface area contributed by atoms with Gasteiger partial charge in [0.15, 0.2) is 0 Å². The SMILES string of the molecule is CCC(C)(C)CC(C)(C)C(=O)NC1CCOC1=O. The first kappa shape index (κ1) is 15.0. The lowest BCUT2D eigenvalue weighted by atomic mass is 9.73. The van der Waals surface area contributed by atoms with Gasteiger partial charge in [-0.15, -0.1) is 0 Å². The zero-order valence-corrected chi connectivity index (χ0v) is 12.1. The Bertz CT molecular complexity index is 334. The quantitative estimate of drug-likeness (QED) is 0.767. The van der Waals surface area contributed by atoms with Gasteiger partial charge in [-0.1, -0.05) is 41.0 Å². The van der Waals surface area contributed by atoms with Gasteiger partial charge in [0.1, 0.15) is 6.04 Å². The van der Waals surface area contributed by atoms with E-state index in [1.165, 1.54) is 0 Å². The van der Waals surface area contributed by atoms with Gasteiger partial charge in [0.05, 0.1) is 6.61 Å². The number of nitrogens with one attached hydrogen (secondary N) is 1. The van der Waals surface area contributed by atoms with Crippen LogP contribution >= 0.6 is 0 Å². The van der Waals surface area contributed by atoms with E-state index in [9.17, 15) is 9.59 Å². The summed E-state index contributed by atoms with van der Waals surface area (Å²) in [4.78, 5) is 23.6. The number of carbonyl (C=O) groups is 2. The summed E-state index contributed by atoms with van der Waals surface area (Å²) in [5.41, 5.74) is -0.348. The Kier molecular flexibility index (Phi) is 4.41. The highest BCUT2D eigenvalue weighted by Gasteiger charge is 2.37. The maximum atomic E-state index is 12.2. The van der Waals surface area contributed by atoms with Crippen LogP contribution in [-0.2, 0) is 14.3 Å². The van der Waals surface area contributed by atoms with Crippen molar-refractivity contribution >= 4 is 11.9 Å². The summed E-state index contributed by atoms with van der Waals surface area (Å²) < 4.78 is 4.85. The molecule has 1 aliphatic rings. The molecular weight excluding hydrogens is 230 g/mol. The highest BCUT2D eigenvalue weighted by molar-refractivity contribution is 5.88. The van der Waals surface area contributed by atoms with E-state index in [0.717, 1.165) is 12.8 Å². The topological polar surface area (TPSA) is 55.4 Å². The summed E-state index contributed by atoms with van der Waals surface area (Å²) in [7, 11) is 0. The van der Waals surface area contributed by atoms with Crippen molar-refractivity contribution in [3.8, 4) is 0 Å². The van der Waals surface area contributed by atoms with E-state index in [0.29, 0.717) is 13.0 Å². The summed E-state index contributed by atoms with van der Waals surface area (Å²) in [6.45, 7) is 10.7. The third-order valence-corrected chi connectivity index (χ3v) is 3.73. The molecule has 1 heterocycles. The van der Waals surface area contributed by atoms with Crippen molar-refractivity contribution in [3.63, 3.8) is 0 Å². The van der Waals surface area contributed by atoms with E-state index in [2.05, 4.69) is 26.1 Å². The van der Waals surface area contributed by atoms with Crippen LogP contribution in [0.2, 0.25) is 0 Å². The van der Waals surface area contributed by atoms with Gasteiger partial charge in [0, 0.05) is 11.8 Å². The van der Waals surface area contributed by atoms with Crippen LogP contribution in [0.15, 0.2) is 0 Å². The lowest BCUT2D eigenvalue weighted by Gasteiger charge is -2.33. The maximum absolute atomic E-state index is 12.2. The molecule has 0 aliphatic carbocycles. The van der Waals surface area contributed by atoms with Gasteiger partial charge in [-0.25, -0.2) is 4.79 Å². The van der Waals surface area contributed by atoms with Gasteiger partial charge < -0.3 is 10.1 Å². The molecule has 0 aromatic heterocycles. The van der Waals surface area contributed by atoms with Crippen LogP contribution in [0, 0.1) is 10.8 Å². The minimum Gasteiger partial charge on any atom is -0.464 e. The van der Waals surface area contributed by atoms with Crippen LogP contribution in [0.5, 0.6) is 0 Å². The molecular formula is C14H25NO3. The van der Waals surface area contributed by atoms with Crippen LogP contribution in [0.1, 0.15) is 53.9 Å². The highest BCUT2D eigenvalue weighted by atomic mass is 16.5. The largest absolute Gasteiger partial charge is 0.464 e. The maximum Gasteiger partial charge on any atom is 0.328 e. The van der Waals surface area contributed by atoms with E-state index in [1.54, 1.807) is 0 Å². The van der Waals surface area contributed by atoms with Crippen molar-refractivity contribution in [1.82, 2.24) is 5.32 Å². The number of esters is 1. The van der Waals surface area contributed by atoms with Crippen molar-refractivity contribution in [2.75, 3.05) is 6.61 Å². The van der Waals surface area contributed by atoms with Crippen molar-refractivity contribution in [3.05, 3.63) is 0 Å². The zero-order valence-electron chi connectivity index (χ0n) is 12.1. The minimum absolute atomic E-state index is 0.0622. The molecule has 1 saturated heterocycles. The van der Waals surface area contributed by atoms with Crippen LogP contribution in [-0.4, -0.2) is 24.5 Å². The molecule has 0 bridgehead atoms. The van der Waals surface area contributed by atoms with Gasteiger partial charge in [-0.05, 0) is 11.8 Å². The number of ether oxygens (including phenoxy) is 1. The molecule has 1 rings (SSSR count). The van der Waals surface area contributed by atoms with E-state index < -0.39 is 11.5 Å². The summed E-state index contributed by atoms with van der Waals surface area (Å²) in [6.07, 6.45) is 2.40. The Balaban J connectivity index is 2.61. The lowest BCUT2D eigenvalue weighted by Crippen LogP contribution is -2.46. The zero-order chi connectivity index (χ0) is 14.0. The third kappa shape index (κ3) is 3.72. The molecule has 1 atom stereocenters. The molecule has 18 heavy (non-hydrogen) atoms. The molecule has 0 radical (unpaired) electrons. The first-order chi connectivity index (χ1) is 8.18. The fourth-order valence-electron chi connectivity index (χ4n) is 2.38. The predicted molar refractivity (Wildman–Crippen MR) is 70.0 cm³/mol. The lowest BCUT2D eigenvalue weighted by molar-refractivity contribution is -0.143. The van der Waals surface area contributed by atoms with Gasteiger partial charge in [0.25, 0.3) is 0 Å². The van der Waals surface area contributed by atoms with Crippen molar-refractivity contribution < 1.29 is 14.3 Å². The van der Waals surface area contributed by atoms with Crippen LogP contribution in [0.25, 0.3) is 0 Å². The van der Waals surface area contributed by atoms with Crippen LogP contribution < -0.4 is 5.32 Å². The number of cyclic esters (lactones) is 1. The number of carbonyl (C=O) groups excluding carboxylic acids is 2. The second kappa shape index (κ2) is 5.29. The molecule has 1 aliphatic heterocycles. The van der Waals surface area contributed by atoms with Gasteiger partial charge in [-0.2, -0.15) is 0 Å². The van der Waals surface area contributed by atoms with Gasteiger partial charge in [-0.3, -0.25) is 4.79 Å². The number of hydrogen-bond donors (Lipinski definition) is 1. The molecule has 0 aromatic carbocycles. The Morgan fingerprint density at radius 1 is 1.39 bits per heavy atom. The molecule has 4 nitrogen and oxygen atoms in total. The monoisotopic (exact) mass is 255 g/mol. The Morgan fingerprint density at radius 3 is 2.44 bits per heavy atom. The van der Waals surface area contributed by atoms with E-state index in [1.807, 2.05) is 13.8 Å². The second-order valence-corrected chi connectivity index (χ2v) is 6.56. The van der Waals surface area contributed by atoms with Gasteiger partial charge in [0.2, 0.25) is 5.91 Å². The summed E-state index contributed by atoms with van der Waals surface area (Å²) in [5, 5.41) is 2.80. The Labute approximate surface area is 109 Å². The average molecular weight is 255 g/mol. The number of amides is 1. The number of rotatable bonds is 5. The Hall–Kier alpha value is -1.06. The fraction of sp³-hybridized carbons (Fsp3) is 0.857. The Morgan fingerprint density at radius 2 is 2.00 bits per heavy atom. The standard InChI is InChI=1S/C14H25NO3/c1-6-13(2,3)9-14(4,5)12(17)15-10-7-8-18-11(10)16/h10H,6-9H2,1-5H3,(H,15,17). The fourth-order valence-corrected chi connectivity index (χ4v) is 2.38. The molecule has 104 valence electrons. The third-order valence-electron chi connectivity index (χ3n) is 3.73. The van der Waals surface area contributed by atoms with E-state index >= 15 is 0 Å². The molecule has 1 fully saturated rings. The molecule has 0 spiro atoms.